The Hall–Kier alpha value is -3.14. The number of benzene rings is 4. The number of hydrogen-bond acceptors (Lipinski definition) is 0. The van der Waals surface area contributed by atoms with E-state index in [2.05, 4.69) is 0 Å². The molecular weight excluding hydrogens is 712 g/mol. The van der Waals surface area contributed by atoms with Gasteiger partial charge in [0, 0.05) is 0 Å². The van der Waals surface area contributed by atoms with Crippen molar-refractivity contribution in [1.82, 2.24) is 0 Å². The first-order valence-electron chi connectivity index (χ1n) is 11.7. The van der Waals surface area contributed by atoms with Gasteiger partial charge in [0.05, 0.1) is 0 Å². The van der Waals surface area contributed by atoms with E-state index in [0.29, 0.717) is 21.5 Å². The summed E-state index contributed by atoms with van der Waals surface area (Å²) in [5.74, 6) is -19.4. The van der Waals surface area contributed by atoms with Gasteiger partial charge in [0.1, 0.15) is 23.3 Å². The second-order valence-electron chi connectivity index (χ2n) is 8.71. The van der Waals surface area contributed by atoms with Gasteiger partial charge >= 0.3 is 37.9 Å². The molecule has 6 rings (SSSR count). The van der Waals surface area contributed by atoms with E-state index in [4.69, 9.17) is 17.0 Å². The first-order valence-corrected chi connectivity index (χ1v) is 18.1. The molecular formula is C30H12Cl2F10Zr. The molecule has 13 heteroatoms. The summed E-state index contributed by atoms with van der Waals surface area (Å²) >= 11 is -0.826. The summed E-state index contributed by atoms with van der Waals surface area (Å²) in [7, 11) is 9.87. The van der Waals surface area contributed by atoms with Crippen molar-refractivity contribution in [2.45, 2.75) is 0 Å². The zero-order valence-corrected chi connectivity index (χ0v) is 24.9. The minimum absolute atomic E-state index is 0.0426. The SMILES string of the molecule is Fc1c(F)c(F)c(-c2cc3ccccc3[cH-]2)c(F)c1F.Fc1c(F)c(F)c(-c2cc3ccccc3[cH-]2)c(F)c1F.[Cl][Zr+2][Cl]. The van der Waals surface area contributed by atoms with Crippen LogP contribution in [0.2, 0.25) is 0 Å². The molecule has 0 fully saturated rings. The Balaban J connectivity index is 0.000000181. The van der Waals surface area contributed by atoms with Crippen LogP contribution in [-0.4, -0.2) is 0 Å². The topological polar surface area (TPSA) is 0 Å². The molecule has 0 aliphatic rings. The number of halogens is 12. The van der Waals surface area contributed by atoms with E-state index in [1.54, 1.807) is 48.5 Å². The molecule has 6 aromatic rings. The molecule has 0 aliphatic heterocycles. The van der Waals surface area contributed by atoms with E-state index >= 15 is 0 Å². The third-order valence-electron chi connectivity index (χ3n) is 6.23. The summed E-state index contributed by atoms with van der Waals surface area (Å²) in [5.41, 5.74) is -1.90. The number of fused-ring (bicyclic) bond motifs is 2. The van der Waals surface area contributed by atoms with E-state index in [-0.39, 0.29) is 11.1 Å². The third-order valence-corrected chi connectivity index (χ3v) is 6.23. The molecule has 6 aromatic carbocycles. The van der Waals surface area contributed by atoms with Crippen LogP contribution in [0.3, 0.4) is 0 Å². The van der Waals surface area contributed by atoms with Crippen LogP contribution >= 0.6 is 17.0 Å². The molecule has 0 saturated carbocycles. The molecule has 0 radical (unpaired) electrons. The first kappa shape index (κ1) is 32.8. The monoisotopic (exact) mass is 722 g/mol. The van der Waals surface area contributed by atoms with Crippen molar-refractivity contribution in [2.24, 2.45) is 0 Å². The van der Waals surface area contributed by atoms with Crippen LogP contribution in [0.5, 0.6) is 0 Å². The van der Waals surface area contributed by atoms with E-state index < -0.39 is 90.1 Å². The maximum atomic E-state index is 13.7. The zero-order valence-electron chi connectivity index (χ0n) is 21.0. The van der Waals surface area contributed by atoms with E-state index in [1.165, 1.54) is 24.3 Å². The predicted molar refractivity (Wildman–Crippen MR) is 141 cm³/mol. The van der Waals surface area contributed by atoms with Crippen molar-refractivity contribution in [3.05, 3.63) is 131 Å². The van der Waals surface area contributed by atoms with Crippen molar-refractivity contribution in [1.29, 1.82) is 0 Å². The van der Waals surface area contributed by atoms with Gasteiger partial charge in [0.25, 0.3) is 0 Å². The van der Waals surface area contributed by atoms with Crippen molar-refractivity contribution in [3.63, 3.8) is 0 Å². The second kappa shape index (κ2) is 13.7. The quantitative estimate of drug-likeness (QED) is 0.0722. The van der Waals surface area contributed by atoms with Crippen molar-refractivity contribution >= 4 is 38.6 Å². The molecule has 0 saturated heterocycles. The average Bonchev–Trinajstić information content (AvgIpc) is 3.62. The van der Waals surface area contributed by atoms with E-state index in [9.17, 15) is 43.9 Å². The molecule has 220 valence electrons. The molecule has 0 N–H and O–H groups in total. The fraction of sp³-hybridized carbons (Fsp3) is 0. The van der Waals surface area contributed by atoms with Crippen LogP contribution in [0.4, 0.5) is 43.9 Å². The van der Waals surface area contributed by atoms with Crippen molar-refractivity contribution in [3.8, 4) is 22.3 Å². The summed E-state index contributed by atoms with van der Waals surface area (Å²) in [5, 5.41) is 2.63. The van der Waals surface area contributed by atoms with E-state index in [0.717, 1.165) is 0 Å². The van der Waals surface area contributed by atoms with Gasteiger partial charge in [0.2, 0.25) is 0 Å². The fourth-order valence-electron chi connectivity index (χ4n) is 4.31. The normalized spacial score (nSPS) is 10.7. The molecule has 0 aromatic heterocycles. The molecule has 0 heterocycles. The van der Waals surface area contributed by atoms with Crippen LogP contribution in [0.25, 0.3) is 43.8 Å². The maximum absolute atomic E-state index is 13.7. The summed E-state index contributed by atoms with van der Waals surface area (Å²) < 4.78 is 133. The number of rotatable bonds is 2. The van der Waals surface area contributed by atoms with Crippen LogP contribution in [0, 0.1) is 58.2 Å². The standard InChI is InChI=1S/2C15H6F5.2ClH.Zr/c2*16-11-10(12(17)14(19)15(20)13(11)18)9-5-7-3-1-2-4-8(7)6-9;;;/h2*1-6H;2*1H;/q2*-1;;;+4/p-2. The molecule has 0 amide bonds. The Labute approximate surface area is 255 Å². The minimum atomic E-state index is -2.15. The average molecular weight is 725 g/mol. The van der Waals surface area contributed by atoms with Crippen LogP contribution < -0.4 is 0 Å². The van der Waals surface area contributed by atoms with Gasteiger partial charge in [-0.2, -0.15) is 0 Å². The molecule has 0 spiro atoms. The van der Waals surface area contributed by atoms with Crippen molar-refractivity contribution < 1.29 is 64.8 Å². The molecule has 0 aliphatic carbocycles. The summed E-state index contributed by atoms with van der Waals surface area (Å²) in [6, 6.07) is 19.1. The van der Waals surface area contributed by atoms with Gasteiger partial charge in [-0.3, -0.25) is 0 Å². The predicted octanol–water partition coefficient (Wildman–Crippen LogP) is 11.2. The number of hydrogen-bond donors (Lipinski definition) is 0. The molecule has 0 nitrogen and oxygen atoms in total. The van der Waals surface area contributed by atoms with Crippen LogP contribution in [0.15, 0.2) is 72.8 Å². The molecule has 0 atom stereocenters. The van der Waals surface area contributed by atoms with Gasteiger partial charge in [-0.1, -0.05) is 36.4 Å². The molecule has 0 unspecified atom stereocenters. The Bertz CT molecular complexity index is 1680. The Morgan fingerprint density at radius 1 is 0.419 bits per heavy atom. The third kappa shape index (κ3) is 6.40. The van der Waals surface area contributed by atoms with Crippen LogP contribution in [-0.2, 0) is 20.8 Å². The molecule has 0 bridgehead atoms. The Morgan fingerprint density at radius 2 is 0.674 bits per heavy atom. The zero-order chi connectivity index (χ0) is 31.6. The summed E-state index contributed by atoms with van der Waals surface area (Å²) in [6.07, 6.45) is 0. The van der Waals surface area contributed by atoms with E-state index in [1.807, 2.05) is 0 Å². The van der Waals surface area contributed by atoms with Gasteiger partial charge in [-0.05, 0) is 11.1 Å². The van der Waals surface area contributed by atoms with Gasteiger partial charge < -0.3 is 0 Å². The Kier molecular flexibility index (Phi) is 10.4. The van der Waals surface area contributed by atoms with Crippen molar-refractivity contribution in [2.75, 3.05) is 0 Å². The summed E-state index contributed by atoms with van der Waals surface area (Å²) in [4.78, 5) is 0. The molecule has 43 heavy (non-hydrogen) atoms. The second-order valence-corrected chi connectivity index (χ2v) is 12.4. The Morgan fingerprint density at radius 3 is 0.953 bits per heavy atom. The first-order chi connectivity index (χ1) is 20.4. The fourth-order valence-corrected chi connectivity index (χ4v) is 4.31. The van der Waals surface area contributed by atoms with Gasteiger partial charge in [0.15, 0.2) is 34.9 Å². The summed E-state index contributed by atoms with van der Waals surface area (Å²) in [6.45, 7) is 0. The van der Waals surface area contributed by atoms with Gasteiger partial charge in [-0.15, -0.1) is 69.1 Å². The van der Waals surface area contributed by atoms with Crippen LogP contribution in [0.1, 0.15) is 0 Å². The van der Waals surface area contributed by atoms with Gasteiger partial charge in [-0.25, -0.2) is 43.9 Å².